The van der Waals surface area contributed by atoms with Gasteiger partial charge in [0.2, 0.25) is 0 Å². The second kappa shape index (κ2) is 5.60. The van der Waals surface area contributed by atoms with Crippen LogP contribution in [0.15, 0.2) is 5.51 Å². The lowest BCUT2D eigenvalue weighted by molar-refractivity contribution is 0.0619. The number of amides is 1. The van der Waals surface area contributed by atoms with Gasteiger partial charge in [0, 0.05) is 19.1 Å². The van der Waals surface area contributed by atoms with E-state index in [-0.39, 0.29) is 5.91 Å². The second-order valence-electron chi connectivity index (χ2n) is 4.47. The summed E-state index contributed by atoms with van der Waals surface area (Å²) in [6, 6.07) is 0.336. The van der Waals surface area contributed by atoms with E-state index in [1.807, 2.05) is 18.9 Å². The van der Waals surface area contributed by atoms with Crippen molar-refractivity contribution in [1.82, 2.24) is 15.2 Å². The number of nitrogens with zero attached hydrogens (tertiary/aromatic N) is 2. The number of likely N-dealkylation sites (N-methyl/N-ethyl adjacent to an activating group) is 1. The molecule has 1 aliphatic rings. The van der Waals surface area contributed by atoms with Crippen LogP contribution in [0.3, 0.4) is 0 Å². The lowest BCUT2D eigenvalue weighted by Crippen LogP contribution is -2.48. The van der Waals surface area contributed by atoms with Crippen molar-refractivity contribution in [2.24, 2.45) is 0 Å². The number of aromatic nitrogens is 1. The average Bonchev–Trinajstić information content (AvgIpc) is 2.76. The monoisotopic (exact) mass is 253 g/mol. The van der Waals surface area contributed by atoms with Crippen molar-refractivity contribution >= 4 is 17.2 Å². The van der Waals surface area contributed by atoms with Gasteiger partial charge in [-0.25, -0.2) is 4.98 Å². The molecule has 0 radical (unpaired) electrons. The minimum absolute atomic E-state index is 0.157. The van der Waals surface area contributed by atoms with Gasteiger partial charge in [0.15, 0.2) is 0 Å². The van der Waals surface area contributed by atoms with Gasteiger partial charge in [-0.15, -0.1) is 11.3 Å². The normalized spacial score (nSPS) is 20.6. The van der Waals surface area contributed by atoms with Crippen LogP contribution in [0.4, 0.5) is 0 Å². The first-order valence-corrected chi connectivity index (χ1v) is 6.97. The van der Waals surface area contributed by atoms with Crippen LogP contribution in [0.2, 0.25) is 0 Å². The summed E-state index contributed by atoms with van der Waals surface area (Å²) in [5.74, 6) is 0.157. The number of rotatable bonds is 3. The summed E-state index contributed by atoms with van der Waals surface area (Å²) >= 11 is 1.45. The van der Waals surface area contributed by atoms with Gasteiger partial charge in [-0.1, -0.05) is 0 Å². The number of piperidine rings is 1. The fourth-order valence-electron chi connectivity index (χ4n) is 2.35. The van der Waals surface area contributed by atoms with Crippen molar-refractivity contribution in [2.45, 2.75) is 32.2 Å². The Bertz CT molecular complexity index is 389. The molecule has 1 fully saturated rings. The van der Waals surface area contributed by atoms with Crippen molar-refractivity contribution in [3.63, 3.8) is 0 Å². The zero-order valence-electron chi connectivity index (χ0n) is 10.4. The minimum Gasteiger partial charge on any atom is -0.334 e. The van der Waals surface area contributed by atoms with Crippen LogP contribution >= 0.6 is 11.3 Å². The summed E-state index contributed by atoms with van der Waals surface area (Å²) in [6.45, 7) is 3.66. The SMILES string of the molecule is CNCC1CCCCN1C(=O)c1scnc1C. The van der Waals surface area contributed by atoms with Crippen molar-refractivity contribution in [3.8, 4) is 0 Å². The molecule has 0 aromatic carbocycles. The second-order valence-corrected chi connectivity index (χ2v) is 5.33. The topological polar surface area (TPSA) is 45.2 Å². The molecule has 5 heteroatoms. The maximum atomic E-state index is 12.4. The van der Waals surface area contributed by atoms with E-state index < -0.39 is 0 Å². The molecule has 0 aliphatic carbocycles. The van der Waals surface area contributed by atoms with E-state index in [9.17, 15) is 4.79 Å². The van der Waals surface area contributed by atoms with E-state index in [1.165, 1.54) is 17.8 Å². The quantitative estimate of drug-likeness (QED) is 0.891. The third-order valence-electron chi connectivity index (χ3n) is 3.27. The first-order chi connectivity index (χ1) is 8.24. The lowest BCUT2D eigenvalue weighted by atomic mass is 10.0. The highest BCUT2D eigenvalue weighted by Gasteiger charge is 2.28. The molecule has 0 spiro atoms. The zero-order valence-corrected chi connectivity index (χ0v) is 11.2. The van der Waals surface area contributed by atoms with Crippen molar-refractivity contribution in [1.29, 1.82) is 0 Å². The Kier molecular flexibility index (Phi) is 4.12. The molecule has 0 saturated carbocycles. The molecule has 1 aliphatic heterocycles. The summed E-state index contributed by atoms with van der Waals surface area (Å²) in [7, 11) is 1.94. The fraction of sp³-hybridized carbons (Fsp3) is 0.667. The summed E-state index contributed by atoms with van der Waals surface area (Å²) in [5.41, 5.74) is 2.60. The van der Waals surface area contributed by atoms with E-state index in [1.54, 1.807) is 5.51 Å². The standard InChI is InChI=1S/C12H19N3OS/c1-9-11(17-8-14-9)12(16)15-6-4-3-5-10(15)7-13-2/h8,10,13H,3-7H2,1-2H3. The number of hydrogen-bond donors (Lipinski definition) is 1. The molecular formula is C12H19N3OS. The van der Waals surface area contributed by atoms with Crippen LogP contribution in [-0.2, 0) is 0 Å². The van der Waals surface area contributed by atoms with Gasteiger partial charge in [-0.3, -0.25) is 4.79 Å². The summed E-state index contributed by atoms with van der Waals surface area (Å²) < 4.78 is 0. The Hall–Kier alpha value is -0.940. The predicted octanol–water partition coefficient (Wildman–Crippen LogP) is 1.67. The largest absolute Gasteiger partial charge is 0.334 e. The number of hydrogen-bond acceptors (Lipinski definition) is 4. The van der Waals surface area contributed by atoms with Crippen LogP contribution in [0.25, 0.3) is 0 Å². The molecule has 1 N–H and O–H groups in total. The smallest absolute Gasteiger partial charge is 0.266 e. The first-order valence-electron chi connectivity index (χ1n) is 6.09. The number of nitrogens with one attached hydrogen (secondary N) is 1. The molecule has 94 valence electrons. The number of thiazole rings is 1. The third kappa shape index (κ3) is 2.66. The Labute approximate surface area is 106 Å². The summed E-state index contributed by atoms with van der Waals surface area (Å²) in [4.78, 5) is 19.4. The van der Waals surface area contributed by atoms with Gasteiger partial charge in [-0.05, 0) is 33.2 Å². The molecule has 2 rings (SSSR count). The number of likely N-dealkylation sites (tertiary alicyclic amines) is 1. The molecule has 1 amide bonds. The van der Waals surface area contributed by atoms with E-state index in [2.05, 4.69) is 10.3 Å². The molecule has 1 atom stereocenters. The molecule has 1 aromatic heterocycles. The zero-order chi connectivity index (χ0) is 12.3. The number of carbonyl (C=O) groups excluding carboxylic acids is 1. The lowest BCUT2D eigenvalue weighted by Gasteiger charge is -2.35. The molecule has 17 heavy (non-hydrogen) atoms. The van der Waals surface area contributed by atoms with Crippen molar-refractivity contribution in [3.05, 3.63) is 16.1 Å². The highest BCUT2D eigenvalue weighted by molar-refractivity contribution is 7.11. The molecule has 1 saturated heterocycles. The molecule has 2 heterocycles. The van der Waals surface area contributed by atoms with Gasteiger partial charge in [0.05, 0.1) is 11.2 Å². The molecule has 1 unspecified atom stereocenters. The van der Waals surface area contributed by atoms with Gasteiger partial charge in [-0.2, -0.15) is 0 Å². The van der Waals surface area contributed by atoms with Crippen LogP contribution in [0, 0.1) is 6.92 Å². The first kappa shape index (κ1) is 12.5. The van der Waals surface area contributed by atoms with Crippen molar-refractivity contribution in [2.75, 3.05) is 20.1 Å². The third-order valence-corrected chi connectivity index (χ3v) is 4.18. The highest BCUT2D eigenvalue weighted by Crippen LogP contribution is 2.22. The van der Waals surface area contributed by atoms with E-state index in [0.29, 0.717) is 6.04 Å². The van der Waals surface area contributed by atoms with Gasteiger partial charge >= 0.3 is 0 Å². The van der Waals surface area contributed by atoms with Crippen LogP contribution in [0.5, 0.6) is 0 Å². The molecule has 1 aromatic rings. The van der Waals surface area contributed by atoms with Crippen molar-refractivity contribution < 1.29 is 4.79 Å². The summed E-state index contributed by atoms with van der Waals surface area (Å²) in [6.07, 6.45) is 3.44. The summed E-state index contributed by atoms with van der Waals surface area (Å²) in [5, 5.41) is 3.18. The number of aryl methyl sites for hydroxylation is 1. The predicted molar refractivity (Wildman–Crippen MR) is 69.5 cm³/mol. The fourth-order valence-corrected chi connectivity index (χ4v) is 3.11. The van der Waals surface area contributed by atoms with E-state index in [4.69, 9.17) is 0 Å². The maximum Gasteiger partial charge on any atom is 0.266 e. The number of carbonyl (C=O) groups is 1. The highest BCUT2D eigenvalue weighted by atomic mass is 32.1. The van der Waals surface area contributed by atoms with Gasteiger partial charge in [0.25, 0.3) is 5.91 Å². The van der Waals surface area contributed by atoms with Gasteiger partial charge in [0.1, 0.15) is 4.88 Å². The molecule has 4 nitrogen and oxygen atoms in total. The Morgan fingerprint density at radius 1 is 1.65 bits per heavy atom. The Morgan fingerprint density at radius 3 is 3.12 bits per heavy atom. The molecular weight excluding hydrogens is 234 g/mol. The van der Waals surface area contributed by atoms with Crippen LogP contribution < -0.4 is 5.32 Å². The van der Waals surface area contributed by atoms with Crippen LogP contribution in [0.1, 0.15) is 34.6 Å². The average molecular weight is 253 g/mol. The minimum atomic E-state index is 0.157. The van der Waals surface area contributed by atoms with Gasteiger partial charge < -0.3 is 10.2 Å². The van der Waals surface area contributed by atoms with E-state index >= 15 is 0 Å². The molecule has 0 bridgehead atoms. The van der Waals surface area contributed by atoms with Crippen LogP contribution in [-0.4, -0.2) is 42.0 Å². The van der Waals surface area contributed by atoms with E-state index in [0.717, 1.165) is 36.5 Å². The Morgan fingerprint density at radius 2 is 2.47 bits per heavy atom. The Balaban J connectivity index is 2.14. The maximum absolute atomic E-state index is 12.4.